The van der Waals surface area contributed by atoms with Gasteiger partial charge < -0.3 is 10.6 Å². The van der Waals surface area contributed by atoms with Crippen molar-refractivity contribution in [2.24, 2.45) is 5.73 Å². The van der Waals surface area contributed by atoms with E-state index in [-0.39, 0.29) is 13.1 Å². The minimum absolute atomic E-state index is 0.138. The number of anilines is 1. The lowest BCUT2D eigenvalue weighted by molar-refractivity contribution is -0.119. The zero-order valence-electron chi connectivity index (χ0n) is 9.44. The molecule has 2 N–H and O–H groups in total. The lowest BCUT2D eigenvalue weighted by Crippen LogP contribution is -2.37. The summed E-state index contributed by atoms with van der Waals surface area (Å²) in [5.74, 6) is 0. The Morgan fingerprint density at radius 1 is 1.28 bits per heavy atom. The molecule has 0 aliphatic carbocycles. The van der Waals surface area contributed by atoms with Crippen LogP contribution in [0.5, 0.6) is 0 Å². The minimum atomic E-state index is -4.26. The van der Waals surface area contributed by atoms with Gasteiger partial charge in [-0.3, -0.25) is 0 Å². The zero-order chi connectivity index (χ0) is 13.2. The quantitative estimate of drug-likeness (QED) is 0.932. The molecule has 0 spiro atoms. The maximum absolute atomic E-state index is 12.5. The van der Waals surface area contributed by atoms with E-state index in [1.807, 2.05) is 18.2 Å². The second kappa shape index (κ2) is 5.11. The normalized spacial score (nSPS) is 12.0. The molecule has 1 aromatic heterocycles. The predicted octanol–water partition coefficient (Wildman–Crippen LogP) is 2.62. The number of alkyl halides is 3. The van der Waals surface area contributed by atoms with Crippen LogP contribution in [0, 0.1) is 0 Å². The number of benzene rings is 1. The zero-order valence-corrected chi connectivity index (χ0v) is 10.3. The van der Waals surface area contributed by atoms with Gasteiger partial charge >= 0.3 is 6.18 Å². The Hall–Kier alpha value is -1.34. The van der Waals surface area contributed by atoms with Crippen molar-refractivity contribution in [2.75, 3.05) is 24.5 Å². The molecule has 2 aromatic rings. The Balaban J connectivity index is 2.29. The molecule has 0 saturated carbocycles. The summed E-state index contributed by atoms with van der Waals surface area (Å²) in [6.45, 7) is -0.727. The first-order valence-corrected chi connectivity index (χ1v) is 6.18. The molecular weight excluding hydrogens is 263 g/mol. The van der Waals surface area contributed by atoms with E-state index in [9.17, 15) is 13.2 Å². The SMILES string of the molecule is NCCN(CC(F)(F)F)c1nc2ccccc2s1. The summed E-state index contributed by atoms with van der Waals surface area (Å²) in [4.78, 5) is 5.38. The Morgan fingerprint density at radius 2 is 2.00 bits per heavy atom. The largest absolute Gasteiger partial charge is 0.406 e. The highest BCUT2D eigenvalue weighted by atomic mass is 32.1. The monoisotopic (exact) mass is 275 g/mol. The van der Waals surface area contributed by atoms with Gasteiger partial charge in [0.1, 0.15) is 6.54 Å². The lowest BCUT2D eigenvalue weighted by atomic mass is 10.3. The van der Waals surface area contributed by atoms with Crippen molar-refractivity contribution in [3.63, 3.8) is 0 Å². The molecule has 0 atom stereocenters. The fourth-order valence-corrected chi connectivity index (χ4v) is 2.60. The van der Waals surface area contributed by atoms with Gasteiger partial charge in [0.2, 0.25) is 0 Å². The fourth-order valence-electron chi connectivity index (χ4n) is 1.61. The van der Waals surface area contributed by atoms with Crippen LogP contribution in [0.2, 0.25) is 0 Å². The smallest absolute Gasteiger partial charge is 0.338 e. The first-order valence-electron chi connectivity index (χ1n) is 5.37. The van der Waals surface area contributed by atoms with E-state index in [0.29, 0.717) is 10.6 Å². The van der Waals surface area contributed by atoms with Crippen molar-refractivity contribution < 1.29 is 13.2 Å². The van der Waals surface area contributed by atoms with Gasteiger partial charge in [-0.25, -0.2) is 4.98 Å². The van der Waals surface area contributed by atoms with Crippen LogP contribution >= 0.6 is 11.3 Å². The number of para-hydroxylation sites is 1. The van der Waals surface area contributed by atoms with Gasteiger partial charge in [-0.15, -0.1) is 0 Å². The molecule has 3 nitrogen and oxygen atoms in total. The fraction of sp³-hybridized carbons (Fsp3) is 0.364. The number of nitrogens with zero attached hydrogens (tertiary/aromatic N) is 2. The topological polar surface area (TPSA) is 42.1 Å². The number of thiazole rings is 1. The van der Waals surface area contributed by atoms with Gasteiger partial charge in [0.15, 0.2) is 5.13 Å². The van der Waals surface area contributed by atoms with Crippen LogP contribution in [0.4, 0.5) is 18.3 Å². The van der Waals surface area contributed by atoms with E-state index >= 15 is 0 Å². The van der Waals surface area contributed by atoms with Crippen LogP contribution < -0.4 is 10.6 Å². The van der Waals surface area contributed by atoms with Crippen molar-refractivity contribution in [2.45, 2.75) is 6.18 Å². The van der Waals surface area contributed by atoms with Gasteiger partial charge in [0.25, 0.3) is 0 Å². The standard InChI is InChI=1S/C11H12F3N3S/c12-11(13,14)7-17(6-5-15)10-16-8-3-1-2-4-9(8)18-10/h1-4H,5-7,15H2. The highest BCUT2D eigenvalue weighted by Crippen LogP contribution is 2.30. The van der Waals surface area contributed by atoms with Crippen molar-refractivity contribution in [3.05, 3.63) is 24.3 Å². The van der Waals surface area contributed by atoms with Crippen molar-refractivity contribution in [1.29, 1.82) is 0 Å². The third kappa shape index (κ3) is 3.11. The molecule has 7 heteroatoms. The molecule has 0 unspecified atom stereocenters. The third-order valence-electron chi connectivity index (χ3n) is 2.32. The van der Waals surface area contributed by atoms with Crippen LogP contribution in [-0.4, -0.2) is 30.8 Å². The highest BCUT2D eigenvalue weighted by Gasteiger charge is 2.31. The molecule has 2 rings (SSSR count). The Kier molecular flexibility index (Phi) is 3.72. The van der Waals surface area contributed by atoms with E-state index in [1.54, 1.807) is 6.07 Å². The predicted molar refractivity (Wildman–Crippen MR) is 66.9 cm³/mol. The van der Waals surface area contributed by atoms with Crippen LogP contribution in [0.15, 0.2) is 24.3 Å². The molecule has 0 saturated heterocycles. The van der Waals surface area contributed by atoms with Crippen molar-refractivity contribution in [3.8, 4) is 0 Å². The second-order valence-corrected chi connectivity index (χ2v) is 4.80. The van der Waals surface area contributed by atoms with Crippen LogP contribution in [0.3, 0.4) is 0 Å². The number of nitrogens with two attached hydrogens (primary N) is 1. The summed E-state index contributed by atoms with van der Waals surface area (Å²) in [6.07, 6.45) is -4.26. The molecule has 0 radical (unpaired) electrons. The Bertz CT molecular complexity index is 490. The van der Waals surface area contributed by atoms with Crippen molar-refractivity contribution >= 4 is 26.7 Å². The summed E-state index contributed by atoms with van der Waals surface area (Å²) in [5, 5.41) is 0.360. The van der Waals surface area contributed by atoms with Crippen LogP contribution in [0.1, 0.15) is 0 Å². The summed E-state index contributed by atoms with van der Waals surface area (Å²) >= 11 is 1.25. The summed E-state index contributed by atoms with van der Waals surface area (Å²) in [6, 6.07) is 7.26. The maximum Gasteiger partial charge on any atom is 0.406 e. The van der Waals surface area contributed by atoms with E-state index in [0.717, 1.165) is 4.70 Å². The summed E-state index contributed by atoms with van der Waals surface area (Å²) in [7, 11) is 0. The summed E-state index contributed by atoms with van der Waals surface area (Å²) < 4.78 is 38.3. The molecule has 1 heterocycles. The molecule has 0 aliphatic heterocycles. The Labute approximate surface area is 106 Å². The first-order chi connectivity index (χ1) is 8.49. The highest BCUT2D eigenvalue weighted by molar-refractivity contribution is 7.22. The number of hydrogen-bond donors (Lipinski definition) is 1. The number of aromatic nitrogens is 1. The molecule has 0 fully saturated rings. The number of rotatable bonds is 4. The number of fused-ring (bicyclic) bond motifs is 1. The number of halogens is 3. The molecule has 1 aromatic carbocycles. The molecule has 18 heavy (non-hydrogen) atoms. The van der Waals surface area contributed by atoms with Gasteiger partial charge in [0, 0.05) is 13.1 Å². The van der Waals surface area contributed by atoms with Gasteiger partial charge in [0.05, 0.1) is 10.2 Å². The third-order valence-corrected chi connectivity index (χ3v) is 3.42. The number of hydrogen-bond acceptors (Lipinski definition) is 4. The average molecular weight is 275 g/mol. The van der Waals surface area contributed by atoms with Gasteiger partial charge in [-0.2, -0.15) is 13.2 Å². The Morgan fingerprint density at radius 3 is 2.61 bits per heavy atom. The van der Waals surface area contributed by atoms with E-state index in [1.165, 1.54) is 16.2 Å². The molecule has 0 bridgehead atoms. The second-order valence-electron chi connectivity index (χ2n) is 3.79. The van der Waals surface area contributed by atoms with E-state index < -0.39 is 12.7 Å². The molecular formula is C11H12F3N3S. The summed E-state index contributed by atoms with van der Waals surface area (Å²) in [5.41, 5.74) is 6.06. The minimum Gasteiger partial charge on any atom is -0.338 e. The first kappa shape index (κ1) is 13.1. The van der Waals surface area contributed by atoms with Crippen LogP contribution in [0.25, 0.3) is 10.2 Å². The van der Waals surface area contributed by atoms with Crippen LogP contribution in [-0.2, 0) is 0 Å². The maximum atomic E-state index is 12.5. The average Bonchev–Trinajstić information content (AvgIpc) is 2.70. The molecule has 98 valence electrons. The van der Waals surface area contributed by atoms with E-state index in [2.05, 4.69) is 4.98 Å². The van der Waals surface area contributed by atoms with Crippen molar-refractivity contribution in [1.82, 2.24) is 4.98 Å². The molecule has 0 aliphatic rings. The van der Waals surface area contributed by atoms with E-state index in [4.69, 9.17) is 5.73 Å². The van der Waals surface area contributed by atoms with Gasteiger partial charge in [-0.05, 0) is 12.1 Å². The lowest BCUT2D eigenvalue weighted by Gasteiger charge is -2.22. The molecule has 0 amide bonds. The van der Waals surface area contributed by atoms with Gasteiger partial charge in [-0.1, -0.05) is 23.5 Å².